The third-order valence-electron chi connectivity index (χ3n) is 5.65. The van der Waals surface area contributed by atoms with Gasteiger partial charge in [0.2, 0.25) is 17.8 Å². The van der Waals surface area contributed by atoms with Crippen LogP contribution in [0.4, 0.5) is 24.8 Å². The van der Waals surface area contributed by atoms with Crippen LogP contribution in [0.15, 0.2) is 43.0 Å². The van der Waals surface area contributed by atoms with Gasteiger partial charge in [0.05, 0.1) is 16.8 Å². The highest BCUT2D eigenvalue weighted by atomic mass is 19.4. The predicted octanol–water partition coefficient (Wildman–Crippen LogP) is 4.89. The van der Waals surface area contributed by atoms with Gasteiger partial charge in [-0.2, -0.15) is 13.2 Å². The smallest absolute Gasteiger partial charge is 0.370 e. The second-order valence-corrected chi connectivity index (χ2v) is 7.84. The van der Waals surface area contributed by atoms with E-state index in [0.717, 1.165) is 11.0 Å². The first-order chi connectivity index (χ1) is 15.6. The molecule has 9 heteroatoms. The number of carbonyl (C=O) groups excluding carboxylic acids is 2. The van der Waals surface area contributed by atoms with Gasteiger partial charge in [-0.05, 0) is 30.7 Å². The summed E-state index contributed by atoms with van der Waals surface area (Å²) in [5, 5.41) is 0.654. The minimum absolute atomic E-state index is 0.0246. The maximum absolute atomic E-state index is 13.4. The average Bonchev–Trinajstić information content (AvgIpc) is 3.10. The molecular weight excluding hydrogens is 433 g/mol. The van der Waals surface area contributed by atoms with Gasteiger partial charge >= 0.3 is 6.18 Å². The van der Waals surface area contributed by atoms with E-state index in [0.29, 0.717) is 27.8 Å². The number of halogens is 3. The van der Waals surface area contributed by atoms with E-state index >= 15 is 0 Å². The number of alkyl halides is 3. The Hall–Kier alpha value is -3.75. The van der Waals surface area contributed by atoms with Crippen molar-refractivity contribution in [1.82, 2.24) is 9.97 Å². The molecule has 0 radical (unpaired) electrons. The number of aryl methyl sites for hydroxylation is 1. The molecule has 2 amide bonds. The molecule has 0 N–H and O–H groups in total. The highest BCUT2D eigenvalue weighted by Crippen LogP contribution is 2.35. The van der Waals surface area contributed by atoms with Gasteiger partial charge < -0.3 is 4.90 Å². The van der Waals surface area contributed by atoms with Crippen molar-refractivity contribution < 1.29 is 22.8 Å². The van der Waals surface area contributed by atoms with Gasteiger partial charge in [0, 0.05) is 43.1 Å². The Labute approximate surface area is 188 Å². The molecule has 2 aromatic carbocycles. The van der Waals surface area contributed by atoms with Crippen molar-refractivity contribution >= 4 is 40.4 Å². The van der Waals surface area contributed by atoms with Crippen molar-refractivity contribution in [2.24, 2.45) is 0 Å². The van der Waals surface area contributed by atoms with Crippen molar-refractivity contribution in [3.63, 3.8) is 0 Å². The van der Waals surface area contributed by atoms with Crippen LogP contribution in [0, 0.1) is 6.92 Å². The van der Waals surface area contributed by atoms with Crippen LogP contribution in [0.3, 0.4) is 0 Å². The van der Waals surface area contributed by atoms with Crippen molar-refractivity contribution in [3.05, 3.63) is 65.4 Å². The minimum atomic E-state index is -4.45. The van der Waals surface area contributed by atoms with Crippen molar-refractivity contribution in [2.45, 2.75) is 32.5 Å². The fourth-order valence-corrected chi connectivity index (χ4v) is 4.12. The summed E-state index contributed by atoms with van der Waals surface area (Å²) < 4.78 is 40.3. The summed E-state index contributed by atoms with van der Waals surface area (Å²) in [5.41, 5.74) is 1.82. The Balaban J connectivity index is 1.76. The molecular formula is C24H21F3N4O2. The summed E-state index contributed by atoms with van der Waals surface area (Å²) in [4.78, 5) is 35.7. The molecule has 1 fully saturated rings. The summed E-state index contributed by atoms with van der Waals surface area (Å²) >= 11 is 0. The topological polar surface area (TPSA) is 66.4 Å². The molecule has 170 valence electrons. The van der Waals surface area contributed by atoms with E-state index in [4.69, 9.17) is 0 Å². The van der Waals surface area contributed by atoms with E-state index in [1.54, 1.807) is 43.1 Å². The highest BCUT2D eigenvalue weighted by Gasteiger charge is 2.34. The zero-order chi connectivity index (χ0) is 23.9. The SMILES string of the molecule is C=Cc1c(N(C)Cc2ccccc2C(F)(F)F)ccc2nc(N3C(=O)CCC3=O)nc(C)c12. The molecule has 0 saturated carbocycles. The Morgan fingerprint density at radius 3 is 2.39 bits per heavy atom. The molecule has 0 atom stereocenters. The van der Waals surface area contributed by atoms with Crippen molar-refractivity contribution in [1.29, 1.82) is 0 Å². The van der Waals surface area contributed by atoms with E-state index in [2.05, 4.69) is 16.5 Å². The molecule has 1 saturated heterocycles. The lowest BCUT2D eigenvalue weighted by molar-refractivity contribution is -0.138. The summed E-state index contributed by atoms with van der Waals surface area (Å²) in [7, 11) is 1.70. The average molecular weight is 454 g/mol. The molecule has 3 aromatic rings. The molecule has 0 spiro atoms. The molecule has 0 aliphatic carbocycles. The number of amides is 2. The maximum Gasteiger partial charge on any atom is 0.416 e. The van der Waals surface area contributed by atoms with Crippen LogP contribution in [0.25, 0.3) is 17.0 Å². The van der Waals surface area contributed by atoms with Crippen LogP contribution in [0.5, 0.6) is 0 Å². The molecule has 0 bridgehead atoms. The van der Waals surface area contributed by atoms with Gasteiger partial charge in [0.15, 0.2) is 0 Å². The summed E-state index contributed by atoms with van der Waals surface area (Å²) in [6.07, 6.45) is -2.60. The van der Waals surface area contributed by atoms with Gasteiger partial charge in [-0.3, -0.25) is 9.59 Å². The lowest BCUT2D eigenvalue weighted by atomic mass is 10.0. The van der Waals surface area contributed by atoms with Gasteiger partial charge in [-0.15, -0.1) is 0 Å². The maximum atomic E-state index is 13.4. The van der Waals surface area contributed by atoms with E-state index in [1.807, 2.05) is 0 Å². The van der Waals surface area contributed by atoms with Gasteiger partial charge in [0.25, 0.3) is 0 Å². The molecule has 1 aliphatic rings. The summed E-state index contributed by atoms with van der Waals surface area (Å²) in [6.45, 7) is 5.63. The van der Waals surface area contributed by atoms with E-state index in [-0.39, 0.29) is 42.7 Å². The largest absolute Gasteiger partial charge is 0.416 e. The predicted molar refractivity (Wildman–Crippen MR) is 120 cm³/mol. The Morgan fingerprint density at radius 2 is 1.76 bits per heavy atom. The molecule has 2 heterocycles. The van der Waals surface area contributed by atoms with Gasteiger partial charge in [-0.25, -0.2) is 14.9 Å². The first-order valence-corrected chi connectivity index (χ1v) is 10.3. The first kappa shape index (κ1) is 22.4. The van der Waals surface area contributed by atoms with Crippen LogP contribution in [-0.4, -0.2) is 28.8 Å². The Morgan fingerprint density at radius 1 is 1.09 bits per heavy atom. The number of anilines is 2. The number of hydrogen-bond acceptors (Lipinski definition) is 5. The number of carbonyl (C=O) groups is 2. The molecule has 1 aromatic heterocycles. The number of hydrogen-bond donors (Lipinski definition) is 0. The Bertz CT molecular complexity index is 1270. The summed E-state index contributed by atoms with van der Waals surface area (Å²) in [5.74, 6) is -0.660. The first-order valence-electron chi connectivity index (χ1n) is 10.3. The van der Waals surface area contributed by atoms with E-state index in [1.165, 1.54) is 12.1 Å². The van der Waals surface area contributed by atoms with Crippen LogP contribution in [-0.2, 0) is 22.3 Å². The Kier molecular flexibility index (Phi) is 5.65. The standard InChI is InChI=1S/C24H21F3N4O2/c1-4-16-19(30(3)13-15-7-5-6-8-17(15)24(25,26)27)10-9-18-22(16)14(2)28-23(29-18)31-20(32)11-12-21(31)33/h4-10H,1,11-13H2,2-3H3. The number of benzene rings is 2. The lowest BCUT2D eigenvalue weighted by Crippen LogP contribution is -2.30. The number of nitrogens with zero attached hydrogens (tertiary/aromatic N) is 4. The van der Waals surface area contributed by atoms with Crippen molar-refractivity contribution in [3.8, 4) is 0 Å². The second-order valence-electron chi connectivity index (χ2n) is 7.84. The van der Waals surface area contributed by atoms with Crippen LogP contribution >= 0.6 is 0 Å². The van der Waals surface area contributed by atoms with E-state index in [9.17, 15) is 22.8 Å². The molecule has 0 unspecified atom stereocenters. The van der Waals surface area contributed by atoms with Gasteiger partial charge in [-0.1, -0.05) is 30.9 Å². The quantitative estimate of drug-likeness (QED) is 0.514. The summed E-state index contributed by atoms with van der Waals surface area (Å²) in [6, 6.07) is 8.91. The molecule has 33 heavy (non-hydrogen) atoms. The fourth-order valence-electron chi connectivity index (χ4n) is 4.12. The highest BCUT2D eigenvalue weighted by molar-refractivity contribution is 6.19. The van der Waals surface area contributed by atoms with Crippen LogP contribution in [0.1, 0.15) is 35.2 Å². The molecule has 4 rings (SSSR count). The number of aromatic nitrogens is 2. The minimum Gasteiger partial charge on any atom is -0.370 e. The molecule has 6 nitrogen and oxygen atoms in total. The van der Waals surface area contributed by atoms with Crippen LogP contribution < -0.4 is 9.80 Å². The van der Waals surface area contributed by atoms with Crippen molar-refractivity contribution in [2.75, 3.05) is 16.8 Å². The second kappa shape index (κ2) is 8.31. The molecule has 1 aliphatic heterocycles. The zero-order valence-electron chi connectivity index (χ0n) is 18.1. The third kappa shape index (κ3) is 4.06. The number of rotatable bonds is 5. The zero-order valence-corrected chi connectivity index (χ0v) is 18.1. The normalized spacial score (nSPS) is 14.3. The van der Waals surface area contributed by atoms with Crippen LogP contribution in [0.2, 0.25) is 0 Å². The van der Waals surface area contributed by atoms with Gasteiger partial charge in [0.1, 0.15) is 0 Å². The number of imide groups is 1. The fraction of sp³-hybridized carbons (Fsp3) is 0.250. The lowest BCUT2D eigenvalue weighted by Gasteiger charge is -2.25. The monoisotopic (exact) mass is 454 g/mol. The third-order valence-corrected chi connectivity index (χ3v) is 5.65. The number of fused-ring (bicyclic) bond motifs is 1. The van der Waals surface area contributed by atoms with E-state index < -0.39 is 11.7 Å².